The topological polar surface area (TPSA) is 60.2 Å². The monoisotopic (exact) mass is 343 g/mol. The van der Waals surface area contributed by atoms with E-state index in [1.165, 1.54) is 5.56 Å². The van der Waals surface area contributed by atoms with E-state index in [9.17, 15) is 0 Å². The van der Waals surface area contributed by atoms with Gasteiger partial charge in [0.2, 0.25) is 11.8 Å². The predicted molar refractivity (Wildman–Crippen MR) is 93.1 cm³/mol. The summed E-state index contributed by atoms with van der Waals surface area (Å²) in [7, 11) is 1.67. The van der Waals surface area contributed by atoms with Gasteiger partial charge in [0, 0.05) is 10.6 Å². The summed E-state index contributed by atoms with van der Waals surface area (Å²) < 4.78 is 10.9. The fourth-order valence-electron chi connectivity index (χ4n) is 2.29. The van der Waals surface area contributed by atoms with Crippen LogP contribution in [0.5, 0.6) is 5.75 Å². The van der Waals surface area contributed by atoms with Crippen molar-refractivity contribution in [2.24, 2.45) is 0 Å². The van der Waals surface area contributed by atoms with Crippen molar-refractivity contribution in [1.29, 1.82) is 0 Å². The SMILES string of the molecule is COc1cccc(CCNCc2nnc(-c3ccc(Cl)cc3)o2)c1. The zero-order valence-electron chi connectivity index (χ0n) is 13.3. The van der Waals surface area contributed by atoms with Crippen LogP contribution in [0.3, 0.4) is 0 Å². The molecule has 0 saturated carbocycles. The van der Waals surface area contributed by atoms with Crippen molar-refractivity contribution in [2.45, 2.75) is 13.0 Å². The fraction of sp³-hybridized carbons (Fsp3) is 0.222. The molecule has 3 rings (SSSR count). The molecular formula is C18H18ClN3O2. The fourth-order valence-corrected chi connectivity index (χ4v) is 2.42. The zero-order chi connectivity index (χ0) is 16.8. The van der Waals surface area contributed by atoms with Gasteiger partial charge in [0.1, 0.15) is 5.75 Å². The lowest BCUT2D eigenvalue weighted by Crippen LogP contribution is -2.16. The largest absolute Gasteiger partial charge is 0.497 e. The molecule has 0 atom stereocenters. The molecular weight excluding hydrogens is 326 g/mol. The Morgan fingerprint density at radius 3 is 2.75 bits per heavy atom. The van der Waals surface area contributed by atoms with Crippen molar-refractivity contribution in [3.05, 3.63) is 65.0 Å². The average molecular weight is 344 g/mol. The van der Waals surface area contributed by atoms with E-state index in [1.807, 2.05) is 30.3 Å². The Kier molecular flexibility index (Phi) is 5.46. The summed E-state index contributed by atoms with van der Waals surface area (Å²) in [6.07, 6.45) is 0.898. The van der Waals surface area contributed by atoms with Crippen LogP contribution < -0.4 is 10.1 Å². The lowest BCUT2D eigenvalue weighted by Gasteiger charge is -2.05. The van der Waals surface area contributed by atoms with E-state index >= 15 is 0 Å². The highest BCUT2D eigenvalue weighted by atomic mass is 35.5. The van der Waals surface area contributed by atoms with Crippen LogP contribution in [0.15, 0.2) is 52.9 Å². The summed E-state index contributed by atoms with van der Waals surface area (Å²) in [5.41, 5.74) is 2.07. The number of nitrogens with zero attached hydrogens (tertiary/aromatic N) is 2. The number of methoxy groups -OCH3 is 1. The number of hydrogen-bond acceptors (Lipinski definition) is 5. The molecule has 24 heavy (non-hydrogen) atoms. The summed E-state index contributed by atoms with van der Waals surface area (Å²) in [5, 5.41) is 12.1. The molecule has 0 aliphatic rings. The Morgan fingerprint density at radius 1 is 1.12 bits per heavy atom. The van der Waals surface area contributed by atoms with E-state index < -0.39 is 0 Å². The average Bonchev–Trinajstić information content (AvgIpc) is 3.08. The molecule has 124 valence electrons. The van der Waals surface area contributed by atoms with Gasteiger partial charge in [-0.2, -0.15) is 0 Å². The lowest BCUT2D eigenvalue weighted by atomic mass is 10.1. The van der Waals surface area contributed by atoms with Crippen molar-refractivity contribution in [3.8, 4) is 17.2 Å². The zero-order valence-corrected chi connectivity index (χ0v) is 14.1. The number of benzene rings is 2. The first-order chi connectivity index (χ1) is 11.7. The van der Waals surface area contributed by atoms with Crippen LogP contribution in [-0.4, -0.2) is 23.9 Å². The van der Waals surface area contributed by atoms with E-state index in [1.54, 1.807) is 19.2 Å². The predicted octanol–water partition coefficient (Wildman–Crippen LogP) is 3.73. The molecule has 0 amide bonds. The Balaban J connectivity index is 1.49. The number of halogens is 1. The van der Waals surface area contributed by atoms with Crippen LogP contribution in [-0.2, 0) is 13.0 Å². The normalized spacial score (nSPS) is 10.8. The molecule has 3 aromatic rings. The highest BCUT2D eigenvalue weighted by Crippen LogP contribution is 2.20. The van der Waals surface area contributed by atoms with Crippen LogP contribution in [0, 0.1) is 0 Å². The number of nitrogens with one attached hydrogen (secondary N) is 1. The highest BCUT2D eigenvalue weighted by Gasteiger charge is 2.08. The Hall–Kier alpha value is -2.37. The maximum atomic E-state index is 5.87. The lowest BCUT2D eigenvalue weighted by molar-refractivity contribution is 0.414. The molecule has 1 heterocycles. The molecule has 2 aromatic carbocycles. The summed E-state index contributed by atoms with van der Waals surface area (Å²) in [5.74, 6) is 1.93. The van der Waals surface area contributed by atoms with Gasteiger partial charge in [-0.3, -0.25) is 0 Å². The van der Waals surface area contributed by atoms with Gasteiger partial charge in [0.25, 0.3) is 0 Å². The van der Waals surface area contributed by atoms with Gasteiger partial charge < -0.3 is 14.5 Å². The Morgan fingerprint density at radius 2 is 1.96 bits per heavy atom. The third-order valence-electron chi connectivity index (χ3n) is 3.56. The maximum absolute atomic E-state index is 5.87. The van der Waals surface area contributed by atoms with Crippen molar-refractivity contribution < 1.29 is 9.15 Å². The van der Waals surface area contributed by atoms with E-state index in [2.05, 4.69) is 21.6 Å². The first-order valence-electron chi connectivity index (χ1n) is 7.66. The molecule has 5 nitrogen and oxygen atoms in total. The Bertz CT molecular complexity index is 787. The van der Waals surface area contributed by atoms with Crippen LogP contribution in [0.2, 0.25) is 5.02 Å². The third kappa shape index (κ3) is 4.34. The van der Waals surface area contributed by atoms with Gasteiger partial charge in [-0.15, -0.1) is 10.2 Å². The highest BCUT2D eigenvalue weighted by molar-refractivity contribution is 6.30. The molecule has 0 aliphatic heterocycles. The molecule has 6 heteroatoms. The summed E-state index contributed by atoms with van der Waals surface area (Å²) in [6.45, 7) is 1.34. The second-order valence-corrected chi connectivity index (χ2v) is 5.72. The number of hydrogen-bond donors (Lipinski definition) is 1. The quantitative estimate of drug-likeness (QED) is 0.662. The van der Waals surface area contributed by atoms with Crippen molar-refractivity contribution in [1.82, 2.24) is 15.5 Å². The van der Waals surface area contributed by atoms with E-state index in [0.717, 1.165) is 24.3 Å². The van der Waals surface area contributed by atoms with Gasteiger partial charge >= 0.3 is 0 Å². The summed E-state index contributed by atoms with van der Waals surface area (Å²) in [6, 6.07) is 15.4. The second kappa shape index (κ2) is 7.95. The minimum atomic E-state index is 0.497. The van der Waals surface area contributed by atoms with Gasteiger partial charge in [-0.1, -0.05) is 23.7 Å². The standard InChI is InChI=1S/C18H18ClN3O2/c1-23-16-4-2-3-13(11-16)9-10-20-12-17-21-22-18(24-17)14-5-7-15(19)8-6-14/h2-8,11,20H,9-10,12H2,1H3. The van der Waals surface area contributed by atoms with Gasteiger partial charge in [-0.25, -0.2) is 0 Å². The van der Waals surface area contributed by atoms with Crippen molar-refractivity contribution >= 4 is 11.6 Å². The van der Waals surface area contributed by atoms with Crippen molar-refractivity contribution in [3.63, 3.8) is 0 Å². The number of ether oxygens (including phenoxy) is 1. The van der Waals surface area contributed by atoms with Crippen LogP contribution in [0.25, 0.3) is 11.5 Å². The molecule has 1 N–H and O–H groups in total. The Labute approximate surface area is 145 Å². The van der Waals surface area contributed by atoms with Gasteiger partial charge in [0.05, 0.1) is 13.7 Å². The van der Waals surface area contributed by atoms with E-state index in [4.69, 9.17) is 20.8 Å². The first-order valence-corrected chi connectivity index (χ1v) is 8.04. The molecule has 0 saturated heterocycles. The third-order valence-corrected chi connectivity index (χ3v) is 3.81. The van der Waals surface area contributed by atoms with Crippen molar-refractivity contribution in [2.75, 3.05) is 13.7 Å². The minimum Gasteiger partial charge on any atom is -0.497 e. The molecule has 0 fully saturated rings. The number of aromatic nitrogens is 2. The maximum Gasteiger partial charge on any atom is 0.247 e. The second-order valence-electron chi connectivity index (χ2n) is 5.29. The first kappa shape index (κ1) is 16.5. The summed E-state index contributed by atoms with van der Waals surface area (Å²) >= 11 is 5.87. The number of rotatable bonds is 7. The molecule has 0 aliphatic carbocycles. The van der Waals surface area contributed by atoms with Gasteiger partial charge in [0.15, 0.2) is 0 Å². The molecule has 0 spiro atoms. The molecule has 0 bridgehead atoms. The van der Waals surface area contributed by atoms with E-state index in [-0.39, 0.29) is 0 Å². The molecule has 0 unspecified atom stereocenters. The van der Waals surface area contributed by atoms with Crippen LogP contribution in [0.1, 0.15) is 11.5 Å². The smallest absolute Gasteiger partial charge is 0.247 e. The molecule has 0 radical (unpaired) electrons. The van der Waals surface area contributed by atoms with E-state index in [0.29, 0.717) is 23.3 Å². The van der Waals surface area contributed by atoms with Crippen LogP contribution >= 0.6 is 11.6 Å². The van der Waals surface area contributed by atoms with Crippen LogP contribution in [0.4, 0.5) is 0 Å². The minimum absolute atomic E-state index is 0.497. The molecule has 1 aromatic heterocycles. The summed E-state index contributed by atoms with van der Waals surface area (Å²) in [4.78, 5) is 0. The van der Waals surface area contributed by atoms with Gasteiger partial charge in [-0.05, 0) is 54.9 Å².